The number of aldehydes is 1. The maximum absolute atomic E-state index is 13.5. The summed E-state index contributed by atoms with van der Waals surface area (Å²) in [4.78, 5) is 12.4. The van der Waals surface area contributed by atoms with Crippen LogP contribution < -0.4 is 4.90 Å². The second-order valence-corrected chi connectivity index (χ2v) is 4.81. The van der Waals surface area contributed by atoms with Crippen LogP contribution in [0, 0.1) is 12.8 Å². The van der Waals surface area contributed by atoms with Gasteiger partial charge in [-0.25, -0.2) is 4.39 Å². The summed E-state index contributed by atoms with van der Waals surface area (Å²) in [5.74, 6) is -0.449. The maximum atomic E-state index is 13.5. The highest BCUT2D eigenvalue weighted by Gasteiger charge is 2.30. The first kappa shape index (κ1) is 10.5. The van der Waals surface area contributed by atoms with Crippen LogP contribution in [0.5, 0.6) is 0 Å². The highest BCUT2D eigenvalue weighted by molar-refractivity contribution is 7.15. The van der Waals surface area contributed by atoms with Crippen molar-refractivity contribution in [2.75, 3.05) is 18.0 Å². The molecule has 82 valence electrons. The van der Waals surface area contributed by atoms with Crippen LogP contribution >= 0.6 is 11.3 Å². The smallest absolute Gasteiger partial charge is 0.208 e. The van der Waals surface area contributed by atoms with E-state index in [1.54, 1.807) is 0 Å². The Kier molecular flexibility index (Phi) is 2.95. The van der Waals surface area contributed by atoms with E-state index in [9.17, 15) is 9.18 Å². The van der Waals surface area contributed by atoms with Gasteiger partial charge in [0.05, 0.1) is 6.54 Å². The maximum Gasteiger partial charge on any atom is 0.208 e. The molecule has 1 saturated heterocycles. The van der Waals surface area contributed by atoms with Gasteiger partial charge in [-0.3, -0.25) is 0 Å². The van der Waals surface area contributed by atoms with Gasteiger partial charge in [0.15, 0.2) is 0 Å². The monoisotopic (exact) mass is 229 g/mol. The molecule has 0 unspecified atom stereocenters. The molecule has 0 radical (unpaired) electrons. The molecule has 1 fully saturated rings. The minimum absolute atomic E-state index is 0.248. The Labute approximate surface area is 91.1 Å². The Morgan fingerprint density at radius 2 is 2.40 bits per heavy atom. The van der Waals surface area contributed by atoms with Crippen molar-refractivity contribution in [1.29, 1.82) is 0 Å². The number of alkyl halides is 1. The zero-order valence-electron chi connectivity index (χ0n) is 8.39. The molecule has 15 heavy (non-hydrogen) atoms. The number of piperidine rings is 1. The summed E-state index contributed by atoms with van der Waals surface area (Å²) in [6.07, 6.45) is 0.192. The molecule has 6 heteroatoms. The number of aromatic nitrogens is 2. The fourth-order valence-electron chi connectivity index (χ4n) is 1.66. The van der Waals surface area contributed by atoms with Crippen molar-refractivity contribution in [3.05, 3.63) is 5.01 Å². The third kappa shape index (κ3) is 2.14. The van der Waals surface area contributed by atoms with E-state index in [1.165, 1.54) is 11.3 Å². The topological polar surface area (TPSA) is 46.1 Å². The Hall–Kier alpha value is -1.04. The van der Waals surface area contributed by atoms with E-state index < -0.39 is 12.1 Å². The van der Waals surface area contributed by atoms with Crippen LogP contribution in [-0.4, -0.2) is 35.7 Å². The Balaban J connectivity index is 2.05. The molecular formula is C9H12FN3OS. The predicted octanol–water partition coefficient (Wildman–Crippen LogP) is 1.21. The summed E-state index contributed by atoms with van der Waals surface area (Å²) in [6, 6.07) is 0. The van der Waals surface area contributed by atoms with E-state index in [1.807, 2.05) is 11.8 Å². The van der Waals surface area contributed by atoms with E-state index in [2.05, 4.69) is 10.2 Å². The van der Waals surface area contributed by atoms with E-state index in [4.69, 9.17) is 0 Å². The van der Waals surface area contributed by atoms with Crippen molar-refractivity contribution >= 4 is 22.8 Å². The molecule has 1 aliphatic heterocycles. The van der Waals surface area contributed by atoms with E-state index in [0.717, 1.165) is 10.1 Å². The van der Waals surface area contributed by atoms with E-state index in [-0.39, 0.29) is 6.54 Å². The molecule has 2 atom stereocenters. The van der Waals surface area contributed by atoms with Crippen LogP contribution in [0.2, 0.25) is 0 Å². The molecule has 0 saturated carbocycles. The minimum atomic E-state index is -1.08. The standard InChI is InChI=1S/C9H12FN3OS/c1-6-11-12-9(15-6)13-3-2-7(5-14)8(10)4-13/h5,7-8H,2-4H2,1H3/t7-,8-/m0/s1. The van der Waals surface area contributed by atoms with Gasteiger partial charge in [0.1, 0.15) is 17.5 Å². The number of halogens is 1. The van der Waals surface area contributed by atoms with Crippen molar-refractivity contribution in [3.8, 4) is 0 Å². The molecule has 0 amide bonds. The number of anilines is 1. The molecule has 0 aromatic carbocycles. The van der Waals surface area contributed by atoms with E-state index >= 15 is 0 Å². The number of nitrogens with zero attached hydrogens (tertiary/aromatic N) is 3. The molecule has 1 aromatic rings. The molecule has 2 rings (SSSR count). The number of rotatable bonds is 2. The van der Waals surface area contributed by atoms with Gasteiger partial charge < -0.3 is 9.69 Å². The summed E-state index contributed by atoms with van der Waals surface area (Å²) < 4.78 is 13.5. The lowest BCUT2D eigenvalue weighted by Crippen LogP contribution is -2.42. The zero-order valence-corrected chi connectivity index (χ0v) is 9.21. The van der Waals surface area contributed by atoms with Crippen LogP contribution in [-0.2, 0) is 4.79 Å². The van der Waals surface area contributed by atoms with Gasteiger partial charge in [0, 0.05) is 12.5 Å². The number of aryl methyl sites for hydroxylation is 1. The number of hydrogen-bond donors (Lipinski definition) is 0. The minimum Gasteiger partial charge on any atom is -0.344 e. The van der Waals surface area contributed by atoms with Gasteiger partial charge in [-0.15, -0.1) is 10.2 Å². The van der Waals surface area contributed by atoms with Gasteiger partial charge in [-0.1, -0.05) is 11.3 Å². The lowest BCUT2D eigenvalue weighted by Gasteiger charge is -2.31. The van der Waals surface area contributed by atoms with Gasteiger partial charge in [-0.05, 0) is 13.3 Å². The molecular weight excluding hydrogens is 217 g/mol. The second kappa shape index (κ2) is 4.22. The van der Waals surface area contributed by atoms with Crippen molar-refractivity contribution in [2.45, 2.75) is 19.5 Å². The van der Waals surface area contributed by atoms with E-state index in [0.29, 0.717) is 19.3 Å². The normalized spacial score (nSPS) is 26.7. The van der Waals surface area contributed by atoms with Crippen molar-refractivity contribution in [2.24, 2.45) is 5.92 Å². The first-order valence-electron chi connectivity index (χ1n) is 4.85. The number of carbonyl (C=O) groups excluding carboxylic acids is 1. The van der Waals surface area contributed by atoms with Crippen molar-refractivity contribution < 1.29 is 9.18 Å². The third-order valence-corrected chi connectivity index (χ3v) is 3.45. The van der Waals surface area contributed by atoms with Gasteiger partial charge in [0.2, 0.25) is 5.13 Å². The van der Waals surface area contributed by atoms with Crippen LogP contribution in [0.25, 0.3) is 0 Å². The van der Waals surface area contributed by atoms with Crippen LogP contribution in [0.4, 0.5) is 9.52 Å². The highest BCUT2D eigenvalue weighted by atomic mass is 32.1. The summed E-state index contributed by atoms with van der Waals surface area (Å²) >= 11 is 1.45. The molecule has 0 aliphatic carbocycles. The fraction of sp³-hybridized carbons (Fsp3) is 0.667. The molecule has 4 nitrogen and oxygen atoms in total. The molecule has 0 bridgehead atoms. The number of carbonyl (C=O) groups is 1. The van der Waals surface area contributed by atoms with Gasteiger partial charge >= 0.3 is 0 Å². The quantitative estimate of drug-likeness (QED) is 0.715. The molecule has 0 N–H and O–H groups in total. The third-order valence-electron chi connectivity index (χ3n) is 2.55. The van der Waals surface area contributed by atoms with Crippen LogP contribution in [0.1, 0.15) is 11.4 Å². The average Bonchev–Trinajstić information content (AvgIpc) is 2.65. The van der Waals surface area contributed by atoms with Gasteiger partial charge in [-0.2, -0.15) is 0 Å². The summed E-state index contributed by atoms with van der Waals surface area (Å²) in [7, 11) is 0. The largest absolute Gasteiger partial charge is 0.344 e. The SMILES string of the molecule is Cc1nnc(N2CC[C@@H](C=O)[C@@H](F)C2)s1. The summed E-state index contributed by atoms with van der Waals surface area (Å²) in [5, 5.41) is 9.48. The molecule has 0 spiro atoms. The zero-order chi connectivity index (χ0) is 10.8. The highest BCUT2D eigenvalue weighted by Crippen LogP contribution is 2.26. The van der Waals surface area contributed by atoms with Crippen LogP contribution in [0.15, 0.2) is 0 Å². The van der Waals surface area contributed by atoms with Crippen molar-refractivity contribution in [1.82, 2.24) is 10.2 Å². The van der Waals surface area contributed by atoms with Gasteiger partial charge in [0.25, 0.3) is 0 Å². The fourth-order valence-corrected chi connectivity index (χ4v) is 2.39. The second-order valence-electron chi connectivity index (χ2n) is 3.65. The lowest BCUT2D eigenvalue weighted by molar-refractivity contribution is -0.113. The molecule has 1 aliphatic rings. The van der Waals surface area contributed by atoms with Crippen molar-refractivity contribution in [3.63, 3.8) is 0 Å². The predicted molar refractivity (Wildman–Crippen MR) is 55.9 cm³/mol. The average molecular weight is 229 g/mol. The number of hydrogen-bond acceptors (Lipinski definition) is 5. The molecule has 2 heterocycles. The Morgan fingerprint density at radius 1 is 1.60 bits per heavy atom. The summed E-state index contributed by atoms with van der Waals surface area (Å²) in [5.41, 5.74) is 0. The first-order valence-corrected chi connectivity index (χ1v) is 5.67. The summed E-state index contributed by atoms with van der Waals surface area (Å²) in [6.45, 7) is 2.79. The Bertz CT molecular complexity index is 357. The Morgan fingerprint density at radius 3 is 2.93 bits per heavy atom. The lowest BCUT2D eigenvalue weighted by atomic mass is 9.97. The van der Waals surface area contributed by atoms with Crippen LogP contribution in [0.3, 0.4) is 0 Å². The molecule has 1 aromatic heterocycles. The first-order chi connectivity index (χ1) is 7.20.